The predicted molar refractivity (Wildman–Crippen MR) is 115 cm³/mol. The van der Waals surface area contributed by atoms with Crippen LogP contribution in [0, 0.1) is 6.92 Å². The lowest BCUT2D eigenvalue weighted by molar-refractivity contribution is 0.652. The van der Waals surface area contributed by atoms with Crippen LogP contribution in [0.3, 0.4) is 0 Å². The van der Waals surface area contributed by atoms with Crippen LogP contribution < -0.4 is 0 Å². The molecule has 7 heteroatoms. The van der Waals surface area contributed by atoms with Gasteiger partial charge >= 0.3 is 0 Å². The van der Waals surface area contributed by atoms with Gasteiger partial charge in [0.15, 0.2) is 5.16 Å². The van der Waals surface area contributed by atoms with Crippen molar-refractivity contribution >= 4 is 34.4 Å². The molecule has 0 bridgehead atoms. The average molecular weight is 413 g/mol. The molecule has 0 aliphatic carbocycles. The first-order valence-electron chi connectivity index (χ1n) is 8.81. The summed E-state index contributed by atoms with van der Waals surface area (Å²) in [6.07, 6.45) is 0.841. The van der Waals surface area contributed by atoms with Gasteiger partial charge in [-0.1, -0.05) is 47.7 Å². The van der Waals surface area contributed by atoms with Gasteiger partial charge in [0.05, 0.1) is 5.69 Å². The van der Waals surface area contributed by atoms with Crippen LogP contribution >= 0.6 is 34.4 Å². The third-order valence-corrected chi connectivity index (χ3v) is 7.04. The van der Waals surface area contributed by atoms with E-state index in [9.17, 15) is 0 Å². The summed E-state index contributed by atoms with van der Waals surface area (Å²) in [4.78, 5) is 6.11. The SMILES string of the molecule is CCn1c(Cc2cccs2)nnc1SCc1csc(-c2ccc(C)cc2)n1. The van der Waals surface area contributed by atoms with Crippen LogP contribution in [0.1, 0.15) is 28.9 Å². The highest BCUT2D eigenvalue weighted by atomic mass is 32.2. The molecular formula is C20H20N4S3. The lowest BCUT2D eigenvalue weighted by atomic mass is 10.2. The Hall–Kier alpha value is -1.96. The van der Waals surface area contributed by atoms with Crippen molar-refractivity contribution in [3.8, 4) is 10.6 Å². The second kappa shape index (κ2) is 8.37. The number of hydrogen-bond donors (Lipinski definition) is 0. The van der Waals surface area contributed by atoms with E-state index in [4.69, 9.17) is 4.98 Å². The molecule has 0 radical (unpaired) electrons. The molecule has 4 nitrogen and oxygen atoms in total. The zero-order valence-electron chi connectivity index (χ0n) is 15.3. The summed E-state index contributed by atoms with van der Waals surface area (Å²) in [6, 6.07) is 12.8. The van der Waals surface area contributed by atoms with Crippen molar-refractivity contribution in [1.82, 2.24) is 19.7 Å². The molecule has 0 spiro atoms. The highest BCUT2D eigenvalue weighted by molar-refractivity contribution is 7.98. The van der Waals surface area contributed by atoms with Crippen LogP contribution in [-0.2, 0) is 18.7 Å². The van der Waals surface area contributed by atoms with Gasteiger partial charge in [0, 0.05) is 34.5 Å². The molecular weight excluding hydrogens is 392 g/mol. The van der Waals surface area contributed by atoms with E-state index in [1.807, 2.05) is 0 Å². The van der Waals surface area contributed by atoms with Crippen molar-refractivity contribution in [2.45, 2.75) is 37.7 Å². The molecule has 27 heavy (non-hydrogen) atoms. The normalized spacial score (nSPS) is 11.2. The second-order valence-electron chi connectivity index (χ2n) is 6.20. The summed E-state index contributed by atoms with van der Waals surface area (Å²) < 4.78 is 2.21. The van der Waals surface area contributed by atoms with Gasteiger partial charge in [-0.2, -0.15) is 0 Å². The zero-order chi connectivity index (χ0) is 18.6. The molecule has 3 heterocycles. The first-order valence-corrected chi connectivity index (χ1v) is 11.6. The maximum absolute atomic E-state index is 4.79. The number of thiophene rings is 1. The summed E-state index contributed by atoms with van der Waals surface area (Å²) in [5.41, 5.74) is 3.53. The van der Waals surface area contributed by atoms with E-state index in [2.05, 4.69) is 75.8 Å². The molecule has 0 unspecified atom stereocenters. The maximum Gasteiger partial charge on any atom is 0.191 e. The summed E-state index contributed by atoms with van der Waals surface area (Å²) in [5.74, 6) is 1.83. The van der Waals surface area contributed by atoms with Crippen LogP contribution in [0.25, 0.3) is 10.6 Å². The Labute approximate surface area is 171 Å². The van der Waals surface area contributed by atoms with Gasteiger partial charge < -0.3 is 4.57 Å². The lowest BCUT2D eigenvalue weighted by Crippen LogP contribution is -2.03. The Morgan fingerprint density at radius 1 is 1.07 bits per heavy atom. The monoisotopic (exact) mass is 412 g/mol. The molecule has 4 aromatic rings. The predicted octanol–water partition coefficient (Wildman–Crippen LogP) is 5.67. The van der Waals surface area contributed by atoms with Gasteiger partial charge in [0.1, 0.15) is 10.8 Å². The second-order valence-corrected chi connectivity index (χ2v) is 9.03. The standard InChI is InChI=1S/C20H20N4S3/c1-3-24-18(11-17-5-4-10-25-17)22-23-20(24)27-13-16-12-26-19(21-16)15-8-6-14(2)7-9-15/h4-10,12H,3,11,13H2,1-2H3. The van der Waals surface area contributed by atoms with Gasteiger partial charge in [0.2, 0.25) is 0 Å². The fraction of sp³-hybridized carbons (Fsp3) is 0.250. The number of thioether (sulfide) groups is 1. The van der Waals surface area contributed by atoms with E-state index < -0.39 is 0 Å². The van der Waals surface area contributed by atoms with E-state index in [0.717, 1.165) is 40.4 Å². The van der Waals surface area contributed by atoms with Gasteiger partial charge in [-0.25, -0.2) is 4.98 Å². The first-order chi connectivity index (χ1) is 13.2. The van der Waals surface area contributed by atoms with Crippen LogP contribution in [0.15, 0.2) is 52.3 Å². The van der Waals surface area contributed by atoms with Gasteiger partial charge in [-0.3, -0.25) is 0 Å². The van der Waals surface area contributed by atoms with Crippen molar-refractivity contribution in [1.29, 1.82) is 0 Å². The Balaban J connectivity index is 1.44. The van der Waals surface area contributed by atoms with E-state index in [1.165, 1.54) is 16.0 Å². The summed E-state index contributed by atoms with van der Waals surface area (Å²) >= 11 is 5.16. The lowest BCUT2D eigenvalue weighted by Gasteiger charge is -2.06. The minimum atomic E-state index is 0.805. The Bertz CT molecular complexity index is 1000. The van der Waals surface area contributed by atoms with E-state index in [-0.39, 0.29) is 0 Å². The number of hydrogen-bond acceptors (Lipinski definition) is 6. The van der Waals surface area contributed by atoms with Gasteiger partial charge in [-0.05, 0) is 25.3 Å². The quantitative estimate of drug-likeness (QED) is 0.367. The van der Waals surface area contributed by atoms with Gasteiger partial charge in [-0.15, -0.1) is 32.9 Å². The van der Waals surface area contributed by atoms with Gasteiger partial charge in [0.25, 0.3) is 0 Å². The third-order valence-electron chi connectivity index (χ3n) is 4.22. The fourth-order valence-corrected chi connectivity index (χ4v) is 5.33. The molecule has 0 fully saturated rings. The third kappa shape index (κ3) is 4.31. The molecule has 138 valence electrons. The molecule has 4 rings (SSSR count). The van der Waals surface area contributed by atoms with Crippen molar-refractivity contribution < 1.29 is 0 Å². The van der Waals surface area contributed by atoms with E-state index >= 15 is 0 Å². The molecule has 0 amide bonds. The molecule has 1 aromatic carbocycles. The first kappa shape index (κ1) is 18.4. The average Bonchev–Trinajstić information content (AvgIpc) is 3.42. The number of thiazole rings is 1. The van der Waals surface area contributed by atoms with Crippen LogP contribution in [-0.4, -0.2) is 19.7 Å². The van der Waals surface area contributed by atoms with E-state index in [1.54, 1.807) is 34.4 Å². The fourth-order valence-electron chi connectivity index (χ4n) is 2.78. The van der Waals surface area contributed by atoms with Crippen molar-refractivity contribution in [3.05, 3.63) is 69.1 Å². The maximum atomic E-state index is 4.79. The highest BCUT2D eigenvalue weighted by Crippen LogP contribution is 2.28. The molecule has 0 saturated heterocycles. The minimum Gasteiger partial charge on any atom is -0.306 e. The largest absolute Gasteiger partial charge is 0.306 e. The number of aromatic nitrogens is 4. The summed E-state index contributed by atoms with van der Waals surface area (Å²) in [7, 11) is 0. The Kier molecular flexibility index (Phi) is 5.71. The molecule has 0 N–H and O–H groups in total. The zero-order valence-corrected chi connectivity index (χ0v) is 17.7. The number of nitrogens with zero attached hydrogens (tertiary/aromatic N) is 4. The summed E-state index contributed by atoms with van der Waals surface area (Å²) in [6.45, 7) is 5.12. The number of rotatable bonds is 7. The van der Waals surface area contributed by atoms with Crippen molar-refractivity contribution in [3.63, 3.8) is 0 Å². The molecule has 0 saturated carbocycles. The summed E-state index contributed by atoms with van der Waals surface area (Å²) in [5, 5.41) is 15.1. The Morgan fingerprint density at radius 2 is 1.93 bits per heavy atom. The topological polar surface area (TPSA) is 43.6 Å². The molecule has 0 aliphatic heterocycles. The van der Waals surface area contributed by atoms with Crippen LogP contribution in [0.2, 0.25) is 0 Å². The molecule has 0 aliphatic rings. The van der Waals surface area contributed by atoms with Crippen molar-refractivity contribution in [2.24, 2.45) is 0 Å². The number of aryl methyl sites for hydroxylation is 1. The molecule has 0 atom stereocenters. The minimum absolute atomic E-state index is 0.805. The smallest absolute Gasteiger partial charge is 0.191 e. The Morgan fingerprint density at radius 3 is 2.67 bits per heavy atom. The number of benzene rings is 1. The molecule has 3 aromatic heterocycles. The van der Waals surface area contributed by atoms with Crippen LogP contribution in [0.5, 0.6) is 0 Å². The highest BCUT2D eigenvalue weighted by Gasteiger charge is 2.13. The van der Waals surface area contributed by atoms with Crippen LogP contribution in [0.4, 0.5) is 0 Å². The van der Waals surface area contributed by atoms with E-state index in [0.29, 0.717) is 0 Å². The van der Waals surface area contributed by atoms with Crippen molar-refractivity contribution in [2.75, 3.05) is 0 Å².